The summed E-state index contributed by atoms with van der Waals surface area (Å²) in [5.74, 6) is 0. The highest BCUT2D eigenvalue weighted by Crippen LogP contribution is 2.26. The average molecular weight is 443 g/mol. The zero-order chi connectivity index (χ0) is 20.1. The first kappa shape index (κ1) is 24.6. The SMILES string of the molecule is CO[Si](CCCOCC1CO1)(OC)O[Si](C)(C)O[Si](C)(C)O[Si](C)(C)C. The molecule has 156 valence electrons. The third-order valence-corrected chi connectivity index (χ3v) is 17.3. The van der Waals surface area contributed by atoms with Crippen LogP contribution in [-0.4, -0.2) is 74.4 Å². The van der Waals surface area contributed by atoms with E-state index < -0.39 is 34.2 Å². The van der Waals surface area contributed by atoms with Crippen LogP contribution in [0.5, 0.6) is 0 Å². The number of rotatable bonds is 14. The normalized spacial score (nSPS) is 19.0. The Morgan fingerprint density at radius 2 is 1.38 bits per heavy atom. The molecule has 1 aliphatic rings. The van der Waals surface area contributed by atoms with Crippen LogP contribution in [0.4, 0.5) is 0 Å². The maximum absolute atomic E-state index is 6.42. The van der Waals surface area contributed by atoms with Gasteiger partial charge in [0.2, 0.25) is 0 Å². The largest absolute Gasteiger partial charge is 0.491 e. The van der Waals surface area contributed by atoms with Crippen LogP contribution in [0.2, 0.25) is 51.9 Å². The average Bonchev–Trinajstić information content (AvgIpc) is 3.25. The molecule has 0 amide bonds. The smallest absolute Gasteiger partial charge is 0.437 e. The van der Waals surface area contributed by atoms with E-state index in [0.29, 0.717) is 19.3 Å². The number of epoxide rings is 1. The van der Waals surface area contributed by atoms with Crippen LogP contribution in [0.3, 0.4) is 0 Å². The molecule has 0 aromatic carbocycles. The van der Waals surface area contributed by atoms with Crippen LogP contribution >= 0.6 is 0 Å². The second kappa shape index (κ2) is 9.87. The highest BCUT2D eigenvalue weighted by Gasteiger charge is 2.48. The molecule has 0 spiro atoms. The summed E-state index contributed by atoms with van der Waals surface area (Å²) < 4.78 is 41.3. The summed E-state index contributed by atoms with van der Waals surface area (Å²) in [6.07, 6.45) is 1.11. The van der Waals surface area contributed by atoms with Crippen LogP contribution in [0, 0.1) is 0 Å². The maximum atomic E-state index is 6.42. The second-order valence-corrected chi connectivity index (χ2v) is 23.4. The van der Waals surface area contributed by atoms with Gasteiger partial charge in [0.1, 0.15) is 6.10 Å². The van der Waals surface area contributed by atoms with E-state index in [1.807, 2.05) is 13.1 Å². The van der Waals surface area contributed by atoms with Crippen molar-refractivity contribution in [2.45, 2.75) is 64.4 Å². The van der Waals surface area contributed by atoms with Crippen LogP contribution in [0.15, 0.2) is 0 Å². The summed E-state index contributed by atoms with van der Waals surface area (Å²) in [7, 11) is -5.93. The van der Waals surface area contributed by atoms with Crippen molar-refractivity contribution in [3.8, 4) is 0 Å². The standard InChI is InChI=1S/C15H38O7Si4/c1-16-26(17-2,12-10-11-18-13-15-14-19-15)22-25(8,9)21-24(6,7)20-23(3,4)5/h15H,10-14H2,1-9H3. The lowest BCUT2D eigenvalue weighted by atomic mass is 10.5. The van der Waals surface area contributed by atoms with Crippen molar-refractivity contribution in [1.29, 1.82) is 0 Å². The Labute approximate surface area is 163 Å². The van der Waals surface area contributed by atoms with E-state index in [9.17, 15) is 0 Å². The van der Waals surface area contributed by atoms with Gasteiger partial charge in [0, 0.05) is 26.9 Å². The van der Waals surface area contributed by atoms with E-state index in [4.69, 9.17) is 30.7 Å². The molecule has 0 saturated carbocycles. The van der Waals surface area contributed by atoms with Gasteiger partial charge in [-0.25, -0.2) is 0 Å². The predicted molar refractivity (Wildman–Crippen MR) is 111 cm³/mol. The van der Waals surface area contributed by atoms with Gasteiger partial charge >= 0.3 is 25.9 Å². The molecule has 1 heterocycles. The Hall–Kier alpha value is 0.588. The molecule has 0 aromatic heterocycles. The monoisotopic (exact) mass is 442 g/mol. The minimum atomic E-state index is -2.80. The van der Waals surface area contributed by atoms with Gasteiger partial charge in [-0.05, 0) is 52.2 Å². The first-order chi connectivity index (χ1) is 11.8. The Morgan fingerprint density at radius 1 is 0.846 bits per heavy atom. The van der Waals surface area contributed by atoms with Gasteiger partial charge in [-0.3, -0.25) is 0 Å². The molecule has 0 N–H and O–H groups in total. The Balaban J connectivity index is 2.57. The highest BCUT2D eigenvalue weighted by molar-refractivity contribution is 6.87. The maximum Gasteiger partial charge on any atom is 0.491 e. The van der Waals surface area contributed by atoms with Gasteiger partial charge in [0.05, 0.1) is 13.2 Å². The van der Waals surface area contributed by atoms with Crippen molar-refractivity contribution in [2.24, 2.45) is 0 Å². The third kappa shape index (κ3) is 10.2. The lowest BCUT2D eigenvalue weighted by Crippen LogP contribution is -2.58. The zero-order valence-electron chi connectivity index (χ0n) is 18.0. The molecule has 7 nitrogen and oxygen atoms in total. The van der Waals surface area contributed by atoms with E-state index in [-0.39, 0.29) is 6.10 Å². The van der Waals surface area contributed by atoms with Gasteiger partial charge in [0.25, 0.3) is 0 Å². The predicted octanol–water partition coefficient (Wildman–Crippen LogP) is 3.31. The molecule has 0 bridgehead atoms. The molecular formula is C15H38O7Si4. The summed E-state index contributed by atoms with van der Waals surface area (Å²) in [6, 6.07) is 0.697. The Kier molecular flexibility index (Phi) is 9.35. The fraction of sp³-hybridized carbons (Fsp3) is 1.00. The quantitative estimate of drug-likeness (QED) is 0.232. The molecule has 1 unspecified atom stereocenters. The molecule has 11 heteroatoms. The summed E-state index contributed by atoms with van der Waals surface area (Å²) in [5, 5.41) is 0. The molecule has 1 atom stereocenters. The summed E-state index contributed by atoms with van der Waals surface area (Å²) in [6.45, 7) is 16.9. The van der Waals surface area contributed by atoms with Gasteiger partial charge in [-0.15, -0.1) is 0 Å². The molecule has 0 aromatic rings. The lowest BCUT2D eigenvalue weighted by Gasteiger charge is -2.40. The lowest BCUT2D eigenvalue weighted by molar-refractivity contribution is 0.106. The topological polar surface area (TPSA) is 67.9 Å². The van der Waals surface area contributed by atoms with Crippen molar-refractivity contribution in [1.82, 2.24) is 0 Å². The van der Waals surface area contributed by atoms with Gasteiger partial charge in [-0.1, -0.05) is 0 Å². The minimum Gasteiger partial charge on any atom is -0.437 e. The van der Waals surface area contributed by atoms with Crippen LogP contribution in [-0.2, 0) is 30.7 Å². The first-order valence-corrected chi connectivity index (χ1v) is 20.2. The molecule has 1 fully saturated rings. The fourth-order valence-corrected chi connectivity index (χ4v) is 19.9. The van der Waals surface area contributed by atoms with E-state index in [2.05, 4.69) is 32.7 Å². The minimum absolute atomic E-state index is 0.288. The first-order valence-electron chi connectivity index (χ1n) is 9.22. The Morgan fingerprint density at radius 3 is 1.85 bits per heavy atom. The van der Waals surface area contributed by atoms with Crippen molar-refractivity contribution in [2.75, 3.05) is 34.0 Å². The highest BCUT2D eigenvalue weighted by atomic mass is 28.5. The van der Waals surface area contributed by atoms with Gasteiger partial charge in [0.15, 0.2) is 8.32 Å². The molecule has 1 saturated heterocycles. The summed E-state index contributed by atoms with van der Waals surface area (Å²) in [4.78, 5) is 0. The number of hydrogen-bond acceptors (Lipinski definition) is 7. The van der Waals surface area contributed by atoms with Gasteiger partial charge in [-0.2, -0.15) is 0 Å². The van der Waals surface area contributed by atoms with E-state index >= 15 is 0 Å². The van der Waals surface area contributed by atoms with E-state index in [1.54, 1.807) is 14.2 Å². The molecule has 0 radical (unpaired) electrons. The van der Waals surface area contributed by atoms with Crippen LogP contribution in [0.1, 0.15) is 6.42 Å². The van der Waals surface area contributed by atoms with Crippen LogP contribution in [0.25, 0.3) is 0 Å². The Bertz CT molecular complexity index is 421. The van der Waals surface area contributed by atoms with Crippen molar-refractivity contribution < 1.29 is 30.7 Å². The van der Waals surface area contributed by atoms with Gasteiger partial charge < -0.3 is 30.7 Å². The molecule has 1 aliphatic heterocycles. The summed E-state index contributed by atoms with van der Waals surface area (Å²) in [5.41, 5.74) is 0. The van der Waals surface area contributed by atoms with Crippen molar-refractivity contribution in [3.63, 3.8) is 0 Å². The third-order valence-electron chi connectivity index (χ3n) is 3.54. The van der Waals surface area contributed by atoms with Crippen LogP contribution < -0.4 is 0 Å². The fourth-order valence-electron chi connectivity index (χ4n) is 2.94. The van der Waals surface area contributed by atoms with E-state index in [0.717, 1.165) is 13.0 Å². The zero-order valence-corrected chi connectivity index (χ0v) is 22.0. The molecular weight excluding hydrogens is 405 g/mol. The summed E-state index contributed by atoms with van der Waals surface area (Å²) >= 11 is 0. The number of hydrogen-bond donors (Lipinski definition) is 0. The van der Waals surface area contributed by atoms with E-state index in [1.165, 1.54) is 0 Å². The van der Waals surface area contributed by atoms with Crippen molar-refractivity contribution >= 4 is 34.2 Å². The van der Waals surface area contributed by atoms with Crippen molar-refractivity contribution in [3.05, 3.63) is 0 Å². The molecule has 26 heavy (non-hydrogen) atoms. The number of ether oxygens (including phenoxy) is 2. The molecule has 1 rings (SSSR count). The second-order valence-electron chi connectivity index (χ2n) is 8.44. The molecule has 0 aliphatic carbocycles.